The Hall–Kier alpha value is -3.62. The minimum absolute atomic E-state index is 0.114. The SMILES string of the molecule is CCC(C)[C@@H]1N2Cc3c(c4ccccc4n3C(=O)OC(C)(C)C)C1(O)c1c(n(C(=O)OC(C)(C)C)c3ccccc13)C2. The topological polar surface area (TPSA) is 85.9 Å². The van der Waals surface area contributed by atoms with Crippen molar-refractivity contribution in [2.24, 2.45) is 5.92 Å². The second-order valence-electron chi connectivity index (χ2n) is 13.8. The molecule has 0 spiro atoms. The van der Waals surface area contributed by atoms with Crippen LogP contribution in [0.4, 0.5) is 9.59 Å². The Bertz CT molecular complexity index is 1620. The number of nitrogens with zero attached hydrogens (tertiary/aromatic N) is 3. The van der Waals surface area contributed by atoms with Gasteiger partial charge in [-0.3, -0.25) is 4.90 Å². The maximum atomic E-state index is 13.8. The number of hydrogen-bond donors (Lipinski definition) is 1. The maximum absolute atomic E-state index is 13.8. The van der Waals surface area contributed by atoms with Gasteiger partial charge in [-0.05, 0) is 59.6 Å². The van der Waals surface area contributed by atoms with Gasteiger partial charge in [0.05, 0.1) is 28.5 Å². The number of ether oxygens (including phenoxy) is 2. The Morgan fingerprint density at radius 2 is 1.24 bits per heavy atom. The molecule has 0 aliphatic carbocycles. The van der Waals surface area contributed by atoms with E-state index in [0.29, 0.717) is 46.6 Å². The van der Waals surface area contributed by atoms with Crippen LogP contribution in [-0.4, -0.2) is 48.6 Å². The molecular weight excluding hydrogens is 530 g/mol. The molecule has 6 rings (SSSR count). The third-order valence-electron chi connectivity index (χ3n) is 8.57. The van der Waals surface area contributed by atoms with Crippen molar-refractivity contribution < 1.29 is 24.2 Å². The number of hydrogen-bond acceptors (Lipinski definition) is 6. The first-order chi connectivity index (χ1) is 19.7. The number of aliphatic hydroxyl groups is 1. The molecule has 1 unspecified atom stereocenters. The first-order valence-electron chi connectivity index (χ1n) is 14.9. The molecule has 0 radical (unpaired) electrons. The van der Waals surface area contributed by atoms with Gasteiger partial charge in [-0.1, -0.05) is 56.7 Å². The van der Waals surface area contributed by atoms with Crippen LogP contribution in [0.5, 0.6) is 0 Å². The molecule has 0 amide bonds. The molecule has 42 heavy (non-hydrogen) atoms. The Morgan fingerprint density at radius 1 is 0.833 bits per heavy atom. The van der Waals surface area contributed by atoms with Crippen LogP contribution in [0.3, 0.4) is 0 Å². The summed E-state index contributed by atoms with van der Waals surface area (Å²) in [5.41, 5.74) is 1.33. The van der Waals surface area contributed by atoms with Crippen LogP contribution in [0, 0.1) is 5.92 Å². The molecule has 0 saturated carbocycles. The van der Waals surface area contributed by atoms with Crippen molar-refractivity contribution >= 4 is 34.0 Å². The van der Waals surface area contributed by atoms with Gasteiger partial charge >= 0.3 is 12.2 Å². The van der Waals surface area contributed by atoms with Crippen molar-refractivity contribution in [1.29, 1.82) is 0 Å². The number of aromatic nitrogens is 2. The van der Waals surface area contributed by atoms with Crippen LogP contribution in [0.25, 0.3) is 21.8 Å². The minimum Gasteiger partial charge on any atom is -0.443 e. The normalized spacial score (nSPS) is 22.5. The number of fused-ring (bicyclic) bond motifs is 10. The maximum Gasteiger partial charge on any atom is 0.419 e. The van der Waals surface area contributed by atoms with Crippen molar-refractivity contribution in [1.82, 2.24) is 14.0 Å². The molecule has 0 saturated heterocycles. The summed E-state index contributed by atoms with van der Waals surface area (Å²) in [6.45, 7) is 16.2. The quantitative estimate of drug-likeness (QED) is 0.275. The molecule has 2 aromatic carbocycles. The number of benzene rings is 2. The monoisotopic (exact) mass is 571 g/mol. The number of para-hydroxylation sites is 2. The largest absolute Gasteiger partial charge is 0.443 e. The Labute approximate surface area is 246 Å². The molecule has 2 atom stereocenters. The first-order valence-corrected chi connectivity index (χ1v) is 14.9. The van der Waals surface area contributed by atoms with Gasteiger partial charge in [0, 0.05) is 35.0 Å². The van der Waals surface area contributed by atoms with Crippen LogP contribution in [0.1, 0.15) is 84.3 Å². The van der Waals surface area contributed by atoms with E-state index >= 15 is 0 Å². The zero-order valence-corrected chi connectivity index (χ0v) is 25.8. The Kier molecular flexibility index (Phi) is 6.41. The Balaban J connectivity index is 1.71. The summed E-state index contributed by atoms with van der Waals surface area (Å²) < 4.78 is 15.0. The fraction of sp³-hybridized carbons (Fsp3) is 0.471. The lowest BCUT2D eigenvalue weighted by Crippen LogP contribution is -2.61. The number of rotatable bonds is 2. The number of carbonyl (C=O) groups excluding carboxylic acids is 2. The second kappa shape index (κ2) is 9.44. The second-order valence-corrected chi connectivity index (χ2v) is 13.8. The molecule has 2 bridgehead atoms. The van der Waals surface area contributed by atoms with E-state index in [4.69, 9.17) is 9.47 Å². The van der Waals surface area contributed by atoms with Gasteiger partial charge in [0.15, 0.2) is 0 Å². The molecule has 4 aromatic rings. The molecule has 4 heterocycles. The average molecular weight is 572 g/mol. The van der Waals surface area contributed by atoms with Gasteiger partial charge in [0.2, 0.25) is 0 Å². The lowest BCUT2D eigenvalue weighted by Gasteiger charge is -2.53. The van der Waals surface area contributed by atoms with Gasteiger partial charge in [0.25, 0.3) is 0 Å². The van der Waals surface area contributed by atoms with E-state index in [-0.39, 0.29) is 12.0 Å². The van der Waals surface area contributed by atoms with Crippen molar-refractivity contribution in [3.05, 3.63) is 71.0 Å². The van der Waals surface area contributed by atoms with E-state index in [1.807, 2.05) is 90.1 Å². The zero-order chi connectivity index (χ0) is 30.4. The van der Waals surface area contributed by atoms with E-state index in [2.05, 4.69) is 18.7 Å². The fourth-order valence-electron chi connectivity index (χ4n) is 7.08. The van der Waals surface area contributed by atoms with Gasteiger partial charge < -0.3 is 14.6 Å². The van der Waals surface area contributed by atoms with Gasteiger partial charge in [0.1, 0.15) is 16.8 Å². The summed E-state index contributed by atoms with van der Waals surface area (Å²) in [6, 6.07) is 15.1. The molecule has 8 nitrogen and oxygen atoms in total. The average Bonchev–Trinajstić information content (AvgIpc) is 3.39. The molecule has 2 aliphatic heterocycles. The third-order valence-corrected chi connectivity index (χ3v) is 8.57. The van der Waals surface area contributed by atoms with Crippen LogP contribution >= 0.6 is 0 Å². The Morgan fingerprint density at radius 3 is 1.62 bits per heavy atom. The lowest BCUT2D eigenvalue weighted by molar-refractivity contribution is -0.0793. The molecule has 1 N–H and O–H groups in total. The van der Waals surface area contributed by atoms with E-state index in [1.54, 1.807) is 9.13 Å². The first kappa shape index (κ1) is 28.5. The summed E-state index contributed by atoms with van der Waals surface area (Å²) >= 11 is 0. The molecule has 2 aliphatic rings. The van der Waals surface area contributed by atoms with Crippen LogP contribution in [0.2, 0.25) is 0 Å². The standard InChI is InChI=1S/C34H41N3O5/c1-9-20(2)29-34(40)27-21-14-10-12-16-23(21)36(30(38)41-32(3,4)5)25(27)18-35(29)19-26-28(34)22-15-11-13-17-24(22)37(26)31(39)42-33(6,7)8/h10-17,20,29,40H,9,18-19H2,1-8H3/t20?,29-/m0/s1. The lowest BCUT2D eigenvalue weighted by atomic mass is 9.68. The smallest absolute Gasteiger partial charge is 0.419 e. The molecule has 222 valence electrons. The van der Waals surface area contributed by atoms with Crippen molar-refractivity contribution in [3.63, 3.8) is 0 Å². The van der Waals surface area contributed by atoms with Gasteiger partial charge in [-0.2, -0.15) is 0 Å². The predicted molar refractivity (Wildman–Crippen MR) is 163 cm³/mol. The highest BCUT2D eigenvalue weighted by Gasteiger charge is 2.58. The summed E-state index contributed by atoms with van der Waals surface area (Å²) in [5, 5.41) is 15.0. The zero-order valence-electron chi connectivity index (χ0n) is 25.8. The van der Waals surface area contributed by atoms with E-state index in [0.717, 1.165) is 17.2 Å². The minimum atomic E-state index is -1.52. The summed E-state index contributed by atoms with van der Waals surface area (Å²) in [6.07, 6.45) is -0.0914. The van der Waals surface area contributed by atoms with Crippen LogP contribution in [0.15, 0.2) is 48.5 Å². The van der Waals surface area contributed by atoms with Gasteiger partial charge in [-0.15, -0.1) is 0 Å². The fourth-order valence-corrected chi connectivity index (χ4v) is 7.08. The van der Waals surface area contributed by atoms with Crippen molar-refractivity contribution in [2.75, 3.05) is 0 Å². The van der Waals surface area contributed by atoms with E-state index in [9.17, 15) is 14.7 Å². The van der Waals surface area contributed by atoms with E-state index < -0.39 is 29.0 Å². The van der Waals surface area contributed by atoms with Crippen LogP contribution in [-0.2, 0) is 28.2 Å². The third kappa shape index (κ3) is 4.18. The summed E-state index contributed by atoms with van der Waals surface area (Å²) in [7, 11) is 0. The number of carbonyl (C=O) groups is 2. The predicted octanol–water partition coefficient (Wildman–Crippen LogP) is 7.14. The van der Waals surface area contributed by atoms with Crippen molar-refractivity contribution in [3.8, 4) is 0 Å². The summed E-state index contributed by atoms with van der Waals surface area (Å²) in [4.78, 5) is 29.7. The van der Waals surface area contributed by atoms with E-state index in [1.165, 1.54) is 0 Å². The van der Waals surface area contributed by atoms with Crippen molar-refractivity contribution in [2.45, 2.75) is 97.7 Å². The highest BCUT2D eigenvalue weighted by Crippen LogP contribution is 2.55. The molecule has 0 fully saturated rings. The van der Waals surface area contributed by atoms with Crippen LogP contribution < -0.4 is 0 Å². The van der Waals surface area contributed by atoms with Gasteiger partial charge in [-0.25, -0.2) is 18.7 Å². The molecule has 8 heteroatoms. The highest BCUT2D eigenvalue weighted by molar-refractivity contribution is 5.99. The molecular formula is C34H41N3O5. The highest BCUT2D eigenvalue weighted by atomic mass is 16.6. The molecule has 2 aromatic heterocycles. The summed E-state index contributed by atoms with van der Waals surface area (Å²) in [5.74, 6) is 0.114.